The third-order valence-electron chi connectivity index (χ3n) is 2.86. The second-order valence-corrected chi connectivity index (χ2v) is 4.47. The Labute approximate surface area is 111 Å². The lowest BCUT2D eigenvalue weighted by molar-refractivity contribution is 0.102. The molecule has 3 N–H and O–H groups in total. The van der Waals surface area contributed by atoms with Crippen molar-refractivity contribution in [1.29, 1.82) is 0 Å². The zero-order chi connectivity index (χ0) is 14.0. The van der Waals surface area contributed by atoms with Crippen LogP contribution < -0.4 is 5.32 Å². The molecule has 0 heterocycles. The third kappa shape index (κ3) is 2.85. The molecule has 2 aromatic carbocycles. The van der Waals surface area contributed by atoms with E-state index in [0.29, 0.717) is 5.69 Å². The summed E-state index contributed by atoms with van der Waals surface area (Å²) >= 11 is 0. The third-order valence-corrected chi connectivity index (χ3v) is 2.86. The van der Waals surface area contributed by atoms with Crippen molar-refractivity contribution in [1.82, 2.24) is 0 Å². The van der Waals surface area contributed by atoms with Gasteiger partial charge in [0.2, 0.25) is 0 Å². The lowest BCUT2D eigenvalue weighted by atomic mass is 10.1. The zero-order valence-corrected chi connectivity index (χ0v) is 10.8. The summed E-state index contributed by atoms with van der Waals surface area (Å²) < 4.78 is 0. The van der Waals surface area contributed by atoms with Crippen molar-refractivity contribution in [2.75, 3.05) is 5.32 Å². The summed E-state index contributed by atoms with van der Waals surface area (Å²) in [6.45, 7) is 3.88. The van der Waals surface area contributed by atoms with Crippen LogP contribution in [0.15, 0.2) is 36.4 Å². The predicted molar refractivity (Wildman–Crippen MR) is 73.6 cm³/mol. The Bertz CT molecular complexity index is 635. The SMILES string of the molecule is Cc1ccc(NC(=O)c2ccc(O)cc2O)c(C)c1. The maximum atomic E-state index is 12.0. The number of aryl methyl sites for hydroxylation is 2. The highest BCUT2D eigenvalue weighted by Crippen LogP contribution is 2.24. The molecule has 4 heteroatoms. The molecule has 0 unspecified atom stereocenters. The van der Waals surface area contributed by atoms with Crippen LogP contribution >= 0.6 is 0 Å². The predicted octanol–water partition coefficient (Wildman–Crippen LogP) is 2.97. The number of carbonyl (C=O) groups excluding carboxylic acids is 1. The summed E-state index contributed by atoms with van der Waals surface area (Å²) in [5.41, 5.74) is 2.88. The van der Waals surface area contributed by atoms with E-state index in [1.54, 1.807) is 0 Å². The summed E-state index contributed by atoms with van der Waals surface area (Å²) in [4.78, 5) is 12.0. The monoisotopic (exact) mass is 257 g/mol. The first-order chi connectivity index (χ1) is 8.97. The highest BCUT2D eigenvalue weighted by molar-refractivity contribution is 6.06. The van der Waals surface area contributed by atoms with Gasteiger partial charge in [0.05, 0.1) is 5.56 Å². The van der Waals surface area contributed by atoms with Crippen LogP contribution in [0.1, 0.15) is 21.5 Å². The number of amides is 1. The highest BCUT2D eigenvalue weighted by Gasteiger charge is 2.12. The first kappa shape index (κ1) is 13.0. The lowest BCUT2D eigenvalue weighted by Gasteiger charge is -2.10. The van der Waals surface area contributed by atoms with Crippen molar-refractivity contribution in [2.45, 2.75) is 13.8 Å². The maximum Gasteiger partial charge on any atom is 0.259 e. The second kappa shape index (κ2) is 5.02. The van der Waals surface area contributed by atoms with Crippen LogP contribution in [0.2, 0.25) is 0 Å². The Kier molecular flexibility index (Phi) is 3.42. The normalized spacial score (nSPS) is 10.2. The van der Waals surface area contributed by atoms with Gasteiger partial charge >= 0.3 is 0 Å². The second-order valence-electron chi connectivity index (χ2n) is 4.47. The number of rotatable bonds is 2. The highest BCUT2D eigenvalue weighted by atomic mass is 16.3. The summed E-state index contributed by atoms with van der Waals surface area (Å²) in [6.07, 6.45) is 0. The Morgan fingerprint density at radius 3 is 2.42 bits per heavy atom. The molecule has 0 aromatic heterocycles. The van der Waals surface area contributed by atoms with Gasteiger partial charge in [-0.05, 0) is 37.6 Å². The molecule has 0 spiro atoms. The molecule has 2 rings (SSSR count). The molecule has 19 heavy (non-hydrogen) atoms. The summed E-state index contributed by atoms with van der Waals surface area (Å²) in [5.74, 6) is -0.743. The number of anilines is 1. The van der Waals surface area contributed by atoms with E-state index in [2.05, 4.69) is 5.32 Å². The first-order valence-electron chi connectivity index (χ1n) is 5.88. The number of hydrogen-bond acceptors (Lipinski definition) is 3. The minimum Gasteiger partial charge on any atom is -0.508 e. The van der Waals surface area contributed by atoms with E-state index in [9.17, 15) is 15.0 Å². The van der Waals surface area contributed by atoms with Crippen molar-refractivity contribution in [3.8, 4) is 11.5 Å². The quantitative estimate of drug-likeness (QED) is 0.774. The molecule has 98 valence electrons. The van der Waals surface area contributed by atoms with Crippen LogP contribution in [0, 0.1) is 13.8 Å². The number of hydrogen-bond donors (Lipinski definition) is 3. The standard InChI is InChI=1S/C15H15NO3/c1-9-3-6-13(10(2)7-9)16-15(19)12-5-4-11(17)8-14(12)18/h3-8,17-18H,1-2H3,(H,16,19). The minimum absolute atomic E-state index is 0.0828. The molecular weight excluding hydrogens is 242 g/mol. The number of phenolic OH excluding ortho intramolecular Hbond substituents is 2. The van der Waals surface area contributed by atoms with E-state index in [0.717, 1.165) is 17.2 Å². The number of carbonyl (C=O) groups is 1. The average molecular weight is 257 g/mol. The molecule has 1 amide bonds. The molecule has 0 fully saturated rings. The summed E-state index contributed by atoms with van der Waals surface area (Å²) in [7, 11) is 0. The van der Waals surface area contributed by atoms with E-state index in [-0.39, 0.29) is 17.1 Å². The fourth-order valence-electron chi connectivity index (χ4n) is 1.86. The molecule has 0 bridgehead atoms. The number of nitrogens with one attached hydrogen (secondary N) is 1. The Balaban J connectivity index is 2.25. The zero-order valence-electron chi connectivity index (χ0n) is 10.8. The van der Waals surface area contributed by atoms with E-state index >= 15 is 0 Å². The summed E-state index contributed by atoms with van der Waals surface area (Å²) in [5, 5.41) is 21.6. The minimum atomic E-state index is -0.413. The van der Waals surface area contributed by atoms with Crippen LogP contribution in [0.25, 0.3) is 0 Å². The molecule has 0 aliphatic heterocycles. The molecule has 0 aliphatic carbocycles. The van der Waals surface area contributed by atoms with Crippen LogP contribution in [-0.4, -0.2) is 16.1 Å². The smallest absolute Gasteiger partial charge is 0.259 e. The number of benzene rings is 2. The van der Waals surface area contributed by atoms with Gasteiger partial charge in [-0.2, -0.15) is 0 Å². The first-order valence-corrected chi connectivity index (χ1v) is 5.88. The topological polar surface area (TPSA) is 69.6 Å². The molecule has 0 saturated carbocycles. The molecule has 4 nitrogen and oxygen atoms in total. The molecule has 0 aliphatic rings. The van der Waals surface area contributed by atoms with E-state index < -0.39 is 5.91 Å². The van der Waals surface area contributed by atoms with Gasteiger partial charge in [-0.3, -0.25) is 4.79 Å². The van der Waals surface area contributed by atoms with Gasteiger partial charge in [0.25, 0.3) is 5.91 Å². The molecule has 0 atom stereocenters. The molecule has 2 aromatic rings. The van der Waals surface area contributed by atoms with Crippen LogP contribution in [-0.2, 0) is 0 Å². The molecule has 0 radical (unpaired) electrons. The number of phenols is 2. The lowest BCUT2D eigenvalue weighted by Crippen LogP contribution is -2.12. The molecule has 0 saturated heterocycles. The van der Waals surface area contributed by atoms with Gasteiger partial charge in [0, 0.05) is 11.8 Å². The van der Waals surface area contributed by atoms with Gasteiger partial charge in [-0.15, -0.1) is 0 Å². The fourth-order valence-corrected chi connectivity index (χ4v) is 1.86. The Morgan fingerprint density at radius 1 is 1.05 bits per heavy atom. The van der Waals surface area contributed by atoms with Crippen molar-refractivity contribution in [2.24, 2.45) is 0 Å². The summed E-state index contributed by atoms with van der Waals surface area (Å²) in [6, 6.07) is 9.56. The Morgan fingerprint density at radius 2 is 1.79 bits per heavy atom. The average Bonchev–Trinajstić information content (AvgIpc) is 2.32. The van der Waals surface area contributed by atoms with Crippen molar-refractivity contribution >= 4 is 11.6 Å². The van der Waals surface area contributed by atoms with Crippen molar-refractivity contribution in [3.05, 3.63) is 53.1 Å². The van der Waals surface area contributed by atoms with Crippen LogP contribution in [0.4, 0.5) is 5.69 Å². The van der Waals surface area contributed by atoms with Crippen molar-refractivity contribution in [3.63, 3.8) is 0 Å². The van der Waals surface area contributed by atoms with Gasteiger partial charge in [0.15, 0.2) is 0 Å². The fraction of sp³-hybridized carbons (Fsp3) is 0.133. The largest absolute Gasteiger partial charge is 0.508 e. The van der Waals surface area contributed by atoms with Crippen LogP contribution in [0.3, 0.4) is 0 Å². The maximum absolute atomic E-state index is 12.0. The van der Waals surface area contributed by atoms with Gasteiger partial charge < -0.3 is 15.5 Å². The number of aromatic hydroxyl groups is 2. The molecular formula is C15H15NO3. The van der Waals surface area contributed by atoms with Gasteiger partial charge in [-0.1, -0.05) is 17.7 Å². The van der Waals surface area contributed by atoms with Gasteiger partial charge in [-0.25, -0.2) is 0 Å². The van der Waals surface area contributed by atoms with E-state index in [4.69, 9.17) is 0 Å². The van der Waals surface area contributed by atoms with E-state index in [1.807, 2.05) is 32.0 Å². The van der Waals surface area contributed by atoms with Crippen LogP contribution in [0.5, 0.6) is 11.5 Å². The Hall–Kier alpha value is -2.49. The van der Waals surface area contributed by atoms with Gasteiger partial charge in [0.1, 0.15) is 11.5 Å². The van der Waals surface area contributed by atoms with E-state index in [1.165, 1.54) is 12.1 Å². The van der Waals surface area contributed by atoms with Crippen molar-refractivity contribution < 1.29 is 15.0 Å².